The molecule has 4 nitrogen and oxygen atoms in total. The van der Waals surface area contributed by atoms with Crippen LogP contribution in [-0.2, 0) is 18.4 Å². The normalized spacial score (nSPS) is 19.3. The van der Waals surface area contributed by atoms with Gasteiger partial charge < -0.3 is 14.0 Å². The lowest BCUT2D eigenvalue weighted by Crippen LogP contribution is -2.26. The molecular weight excluding hydrogens is 425 g/mol. The van der Waals surface area contributed by atoms with Gasteiger partial charge in [0.2, 0.25) is 0 Å². The van der Waals surface area contributed by atoms with E-state index in [-0.39, 0.29) is 27.5 Å². The molecule has 0 aliphatic carbocycles. The first-order chi connectivity index (χ1) is 15.2. The zero-order valence-electron chi connectivity index (χ0n) is 19.1. The summed E-state index contributed by atoms with van der Waals surface area (Å²) in [4.78, 5) is 11.8. The van der Waals surface area contributed by atoms with Crippen LogP contribution >= 0.6 is 11.8 Å². The number of thioether (sulfide) groups is 1. The fourth-order valence-corrected chi connectivity index (χ4v) is 5.42. The van der Waals surface area contributed by atoms with Gasteiger partial charge in [0.15, 0.2) is 0 Å². The van der Waals surface area contributed by atoms with Gasteiger partial charge in [-0.3, -0.25) is 4.79 Å². The summed E-state index contributed by atoms with van der Waals surface area (Å²) in [7, 11) is 1.76. The van der Waals surface area contributed by atoms with E-state index >= 15 is 0 Å². The second-order valence-electron chi connectivity index (χ2n) is 9.38. The third-order valence-corrected chi connectivity index (χ3v) is 6.99. The molecule has 0 N–H and O–H groups in total. The van der Waals surface area contributed by atoms with Gasteiger partial charge in [0.1, 0.15) is 23.6 Å². The van der Waals surface area contributed by atoms with E-state index in [1.54, 1.807) is 23.7 Å². The van der Waals surface area contributed by atoms with E-state index in [0.29, 0.717) is 19.0 Å². The number of ether oxygens (including phenoxy) is 2. The lowest BCUT2D eigenvalue weighted by atomic mass is 9.91. The summed E-state index contributed by atoms with van der Waals surface area (Å²) in [5.41, 5.74) is 2.89. The minimum Gasteiger partial charge on any atom is -0.489 e. The first-order valence-electron chi connectivity index (χ1n) is 11.0. The molecule has 1 aromatic heterocycles. The van der Waals surface area contributed by atoms with Crippen molar-refractivity contribution in [2.45, 2.75) is 56.3 Å². The van der Waals surface area contributed by atoms with Crippen molar-refractivity contribution < 1.29 is 13.9 Å². The highest BCUT2D eigenvalue weighted by atomic mass is 32.2. The molecule has 2 unspecified atom stereocenters. The van der Waals surface area contributed by atoms with Gasteiger partial charge in [-0.2, -0.15) is 0 Å². The van der Waals surface area contributed by atoms with E-state index in [1.165, 1.54) is 6.07 Å². The Morgan fingerprint density at radius 1 is 1.16 bits per heavy atom. The Morgan fingerprint density at radius 3 is 2.75 bits per heavy atom. The second-order valence-corrected chi connectivity index (χ2v) is 11.4. The predicted molar refractivity (Wildman–Crippen MR) is 129 cm³/mol. The van der Waals surface area contributed by atoms with Crippen LogP contribution in [0.5, 0.6) is 5.75 Å². The molecule has 1 aliphatic rings. The largest absolute Gasteiger partial charge is 0.489 e. The van der Waals surface area contributed by atoms with E-state index in [0.717, 1.165) is 34.9 Å². The van der Waals surface area contributed by atoms with Gasteiger partial charge in [0, 0.05) is 30.5 Å². The van der Waals surface area contributed by atoms with Crippen LogP contribution in [0.25, 0.3) is 10.9 Å². The molecule has 0 radical (unpaired) electrons. The third kappa shape index (κ3) is 5.54. The van der Waals surface area contributed by atoms with Crippen molar-refractivity contribution >= 4 is 22.7 Å². The number of nitrogens with zero attached hydrogens (tertiary/aromatic N) is 1. The number of aryl methyl sites for hydroxylation is 1. The number of hydrogen-bond acceptors (Lipinski definition) is 4. The summed E-state index contributed by atoms with van der Waals surface area (Å²) in [6, 6.07) is 14.3. The van der Waals surface area contributed by atoms with Crippen molar-refractivity contribution in [2.75, 3.05) is 6.61 Å². The summed E-state index contributed by atoms with van der Waals surface area (Å²) < 4.78 is 28.1. The van der Waals surface area contributed by atoms with Gasteiger partial charge >= 0.3 is 0 Å². The van der Waals surface area contributed by atoms with Crippen LogP contribution in [0.1, 0.15) is 50.7 Å². The smallest absolute Gasteiger partial charge is 0.250 e. The summed E-state index contributed by atoms with van der Waals surface area (Å²) >= 11 is 1.83. The Kier molecular flexibility index (Phi) is 6.63. The molecule has 2 aromatic carbocycles. The highest BCUT2D eigenvalue weighted by Crippen LogP contribution is 2.40. The van der Waals surface area contributed by atoms with E-state index in [9.17, 15) is 9.18 Å². The van der Waals surface area contributed by atoms with Crippen molar-refractivity contribution in [1.82, 2.24) is 4.57 Å². The molecule has 170 valence electrons. The molecule has 1 aliphatic heterocycles. The number of halogens is 1. The van der Waals surface area contributed by atoms with Crippen LogP contribution in [0.3, 0.4) is 0 Å². The van der Waals surface area contributed by atoms with Crippen LogP contribution in [0.15, 0.2) is 53.3 Å². The number of pyridine rings is 1. The predicted octanol–water partition coefficient (Wildman–Crippen LogP) is 6.01. The van der Waals surface area contributed by atoms with E-state index in [2.05, 4.69) is 20.8 Å². The molecule has 6 heteroatoms. The highest BCUT2D eigenvalue weighted by Gasteiger charge is 2.28. The van der Waals surface area contributed by atoms with Crippen LogP contribution in [0.4, 0.5) is 4.39 Å². The molecule has 3 aromatic rings. The number of hydrogen-bond donors (Lipinski definition) is 0. The maximum absolute atomic E-state index is 14.4. The topological polar surface area (TPSA) is 40.5 Å². The van der Waals surface area contributed by atoms with Crippen LogP contribution < -0.4 is 10.3 Å². The molecule has 4 rings (SSSR count). The minimum absolute atomic E-state index is 0.0370. The van der Waals surface area contributed by atoms with Crippen LogP contribution in [0.2, 0.25) is 0 Å². The molecule has 1 saturated heterocycles. The molecular formula is C26H30FNO3S. The molecule has 0 saturated carbocycles. The lowest BCUT2D eigenvalue weighted by molar-refractivity contribution is 0.0610. The first-order valence-corrected chi connectivity index (χ1v) is 11.9. The molecule has 0 bridgehead atoms. The number of benzene rings is 2. The van der Waals surface area contributed by atoms with Gasteiger partial charge in [0.05, 0.1) is 5.52 Å². The second kappa shape index (κ2) is 9.28. The maximum Gasteiger partial charge on any atom is 0.250 e. The number of rotatable bonds is 5. The Morgan fingerprint density at radius 2 is 1.97 bits per heavy atom. The first kappa shape index (κ1) is 22.9. The SMILES string of the molecule is Cn1c(=O)ccc2cc(COc3cc(F)cc(C4CCOC(SC(C)(C)C)C4)c3)ccc21. The minimum atomic E-state index is -0.280. The van der Waals surface area contributed by atoms with Crippen molar-refractivity contribution in [1.29, 1.82) is 0 Å². The number of aromatic nitrogens is 1. The van der Waals surface area contributed by atoms with E-state index < -0.39 is 0 Å². The van der Waals surface area contributed by atoms with Crippen LogP contribution in [-0.4, -0.2) is 21.4 Å². The van der Waals surface area contributed by atoms with Crippen molar-refractivity contribution in [2.24, 2.45) is 7.05 Å². The number of fused-ring (bicyclic) bond motifs is 1. The molecule has 0 spiro atoms. The summed E-state index contributed by atoms with van der Waals surface area (Å²) in [6.45, 7) is 7.57. The third-order valence-electron chi connectivity index (χ3n) is 5.69. The summed E-state index contributed by atoms with van der Waals surface area (Å²) in [6.07, 6.45) is 1.75. The molecule has 2 atom stereocenters. The zero-order chi connectivity index (χ0) is 22.9. The Labute approximate surface area is 192 Å². The van der Waals surface area contributed by atoms with Gasteiger partial charge in [-0.25, -0.2) is 4.39 Å². The monoisotopic (exact) mass is 455 g/mol. The lowest BCUT2D eigenvalue weighted by Gasteiger charge is -2.33. The Hall–Kier alpha value is -2.31. The summed E-state index contributed by atoms with van der Waals surface area (Å²) in [5.74, 6) is 0.508. The van der Waals surface area contributed by atoms with E-state index in [4.69, 9.17) is 9.47 Å². The highest BCUT2D eigenvalue weighted by molar-refractivity contribution is 8.01. The van der Waals surface area contributed by atoms with Crippen molar-refractivity contribution in [3.05, 3.63) is 75.8 Å². The summed E-state index contributed by atoms with van der Waals surface area (Å²) in [5, 5.41) is 0.970. The Bertz CT molecular complexity index is 1170. The fourth-order valence-electron chi connectivity index (χ4n) is 4.13. The van der Waals surface area contributed by atoms with E-state index in [1.807, 2.05) is 42.1 Å². The van der Waals surface area contributed by atoms with Gasteiger partial charge in [-0.05, 0) is 65.6 Å². The molecule has 0 amide bonds. The molecule has 2 heterocycles. The van der Waals surface area contributed by atoms with Gasteiger partial charge in [0.25, 0.3) is 5.56 Å². The van der Waals surface area contributed by atoms with Crippen molar-refractivity contribution in [3.63, 3.8) is 0 Å². The van der Waals surface area contributed by atoms with Crippen molar-refractivity contribution in [3.8, 4) is 5.75 Å². The molecule has 32 heavy (non-hydrogen) atoms. The van der Waals surface area contributed by atoms with Gasteiger partial charge in [-0.1, -0.05) is 26.8 Å². The quantitative estimate of drug-likeness (QED) is 0.473. The average molecular weight is 456 g/mol. The fraction of sp³-hybridized carbons (Fsp3) is 0.423. The van der Waals surface area contributed by atoms with Gasteiger partial charge in [-0.15, -0.1) is 11.8 Å². The standard InChI is InChI=1S/C26H30FNO3S/c1-26(2,3)32-25-14-18(9-10-30-25)20-12-21(27)15-22(13-20)31-16-17-5-7-23-19(11-17)6-8-24(29)28(23)4/h5-8,11-13,15,18,25H,9-10,14,16H2,1-4H3. The maximum atomic E-state index is 14.4. The average Bonchev–Trinajstić information content (AvgIpc) is 2.73. The van der Waals surface area contributed by atoms with Crippen LogP contribution in [0, 0.1) is 5.82 Å². The Balaban J connectivity index is 1.48. The zero-order valence-corrected chi connectivity index (χ0v) is 19.9. The molecule has 1 fully saturated rings.